The van der Waals surface area contributed by atoms with E-state index in [9.17, 15) is 4.79 Å². The van der Waals surface area contributed by atoms with Crippen molar-refractivity contribution >= 4 is 34.1 Å². The topological polar surface area (TPSA) is 94.8 Å². The summed E-state index contributed by atoms with van der Waals surface area (Å²) in [4.78, 5) is 12.0. The molecular formula is C16H18N6O2S2. The van der Waals surface area contributed by atoms with E-state index < -0.39 is 0 Å². The maximum Gasteiger partial charge on any atom is 0.236 e. The van der Waals surface area contributed by atoms with Gasteiger partial charge in [0.15, 0.2) is 17.1 Å². The van der Waals surface area contributed by atoms with Gasteiger partial charge in [0.1, 0.15) is 10.8 Å². The second kappa shape index (κ2) is 8.28. The number of rotatable bonds is 7. The predicted octanol–water partition coefficient (Wildman–Crippen LogP) is 2.85. The average molecular weight is 390 g/mol. The molecule has 26 heavy (non-hydrogen) atoms. The Morgan fingerprint density at radius 2 is 2.04 bits per heavy atom. The third-order valence-electron chi connectivity index (χ3n) is 3.39. The van der Waals surface area contributed by atoms with E-state index in [2.05, 4.69) is 25.7 Å². The van der Waals surface area contributed by atoms with Gasteiger partial charge >= 0.3 is 0 Å². The molecular weight excluding hydrogens is 372 g/mol. The lowest BCUT2D eigenvalue weighted by atomic mass is 10.3. The van der Waals surface area contributed by atoms with Gasteiger partial charge in [-0.3, -0.25) is 10.1 Å². The van der Waals surface area contributed by atoms with Crippen LogP contribution in [0.3, 0.4) is 0 Å². The smallest absolute Gasteiger partial charge is 0.236 e. The highest BCUT2D eigenvalue weighted by Crippen LogP contribution is 2.23. The second-order valence-electron chi connectivity index (χ2n) is 5.44. The minimum atomic E-state index is -0.262. The number of carbonyl (C=O) groups is 1. The lowest BCUT2D eigenvalue weighted by Gasteiger charge is -2.14. The summed E-state index contributed by atoms with van der Waals surface area (Å²) in [5.41, 5.74) is 0. The molecule has 3 aromatic rings. The molecule has 3 rings (SSSR count). The van der Waals surface area contributed by atoms with Crippen molar-refractivity contribution < 1.29 is 9.53 Å². The summed E-state index contributed by atoms with van der Waals surface area (Å²) < 4.78 is 7.71. The van der Waals surface area contributed by atoms with Crippen molar-refractivity contribution in [1.29, 1.82) is 0 Å². The summed E-state index contributed by atoms with van der Waals surface area (Å²) >= 11 is 2.64. The highest BCUT2D eigenvalue weighted by Gasteiger charge is 2.18. The summed E-state index contributed by atoms with van der Waals surface area (Å²) in [5, 5.41) is 20.7. The predicted molar refractivity (Wildman–Crippen MR) is 100 cm³/mol. The van der Waals surface area contributed by atoms with E-state index >= 15 is 0 Å². The minimum Gasteiger partial charge on any atom is -0.483 e. The van der Waals surface area contributed by atoms with E-state index in [1.54, 1.807) is 0 Å². The number of thioether (sulfide) groups is 1. The normalized spacial score (nSPS) is 12.0. The van der Waals surface area contributed by atoms with E-state index in [0.717, 1.165) is 10.8 Å². The third kappa shape index (κ3) is 4.58. The Kier molecular flexibility index (Phi) is 5.84. The van der Waals surface area contributed by atoms with Gasteiger partial charge in [0.25, 0.3) is 0 Å². The molecule has 1 amide bonds. The molecule has 1 aromatic carbocycles. The Morgan fingerprint density at radius 3 is 2.73 bits per heavy atom. The number of aromatic nitrogens is 5. The molecule has 1 N–H and O–H groups in total. The van der Waals surface area contributed by atoms with Crippen LogP contribution in [0.2, 0.25) is 0 Å². The van der Waals surface area contributed by atoms with Crippen molar-refractivity contribution in [2.75, 3.05) is 11.1 Å². The SMILES string of the molecule is Cc1nnc(NC(=O)CSc2nnc([C@H](C)Oc3ccccc3)n2C)s1. The van der Waals surface area contributed by atoms with Crippen molar-refractivity contribution in [2.24, 2.45) is 7.05 Å². The molecule has 0 radical (unpaired) electrons. The molecule has 136 valence electrons. The number of ether oxygens (including phenoxy) is 1. The van der Waals surface area contributed by atoms with Gasteiger partial charge in [0.2, 0.25) is 11.0 Å². The Bertz CT molecular complexity index is 880. The second-order valence-corrected chi connectivity index (χ2v) is 7.56. The standard InChI is InChI=1S/C16H18N6O2S2/c1-10(24-12-7-5-4-6-8-12)14-19-21-16(22(14)3)25-9-13(23)17-15-20-18-11(2)26-15/h4-8,10H,9H2,1-3H3,(H,17,20,23)/t10-/m0/s1. The number of carbonyl (C=O) groups excluding carboxylic acids is 1. The summed E-state index contributed by atoms with van der Waals surface area (Å²) in [7, 11) is 1.86. The van der Waals surface area contributed by atoms with Crippen LogP contribution in [0.5, 0.6) is 5.75 Å². The summed E-state index contributed by atoms with van der Waals surface area (Å²) in [6.45, 7) is 3.75. The van der Waals surface area contributed by atoms with Crippen LogP contribution in [-0.4, -0.2) is 36.6 Å². The van der Waals surface area contributed by atoms with Crippen molar-refractivity contribution in [1.82, 2.24) is 25.0 Å². The van der Waals surface area contributed by atoms with Crippen molar-refractivity contribution in [2.45, 2.75) is 25.1 Å². The van der Waals surface area contributed by atoms with E-state index in [1.165, 1.54) is 23.1 Å². The number of amides is 1. The van der Waals surface area contributed by atoms with E-state index in [0.29, 0.717) is 16.1 Å². The fourth-order valence-corrected chi connectivity index (χ4v) is 3.52. The van der Waals surface area contributed by atoms with Crippen LogP contribution in [0.15, 0.2) is 35.5 Å². The zero-order valence-corrected chi connectivity index (χ0v) is 16.2. The molecule has 0 saturated carbocycles. The maximum absolute atomic E-state index is 12.0. The van der Waals surface area contributed by atoms with Crippen LogP contribution in [0, 0.1) is 6.92 Å². The third-order valence-corrected chi connectivity index (χ3v) is 5.17. The van der Waals surface area contributed by atoms with Crippen LogP contribution in [0.1, 0.15) is 23.9 Å². The van der Waals surface area contributed by atoms with Gasteiger partial charge in [-0.05, 0) is 26.0 Å². The van der Waals surface area contributed by atoms with Gasteiger partial charge in [-0.15, -0.1) is 20.4 Å². The van der Waals surface area contributed by atoms with Gasteiger partial charge in [0, 0.05) is 7.05 Å². The molecule has 2 heterocycles. The molecule has 0 bridgehead atoms. The quantitative estimate of drug-likeness (QED) is 0.620. The first-order valence-electron chi connectivity index (χ1n) is 7.86. The number of benzene rings is 1. The van der Waals surface area contributed by atoms with Gasteiger partial charge in [-0.2, -0.15) is 0 Å². The van der Waals surface area contributed by atoms with Crippen LogP contribution in [0.4, 0.5) is 5.13 Å². The molecule has 8 nitrogen and oxygen atoms in total. The molecule has 1 atom stereocenters. The molecule has 2 aromatic heterocycles. The number of nitrogens with one attached hydrogen (secondary N) is 1. The molecule has 0 spiro atoms. The van der Waals surface area contributed by atoms with Crippen molar-refractivity contribution in [3.63, 3.8) is 0 Å². The lowest BCUT2D eigenvalue weighted by molar-refractivity contribution is -0.113. The highest BCUT2D eigenvalue weighted by molar-refractivity contribution is 7.99. The maximum atomic E-state index is 12.0. The average Bonchev–Trinajstić information content (AvgIpc) is 3.19. The van der Waals surface area contributed by atoms with Crippen LogP contribution in [-0.2, 0) is 11.8 Å². The van der Waals surface area contributed by atoms with Crippen molar-refractivity contribution in [3.05, 3.63) is 41.2 Å². The Labute approximate surface area is 159 Å². The molecule has 0 aliphatic heterocycles. The van der Waals surface area contributed by atoms with Crippen molar-refractivity contribution in [3.8, 4) is 5.75 Å². The van der Waals surface area contributed by atoms with Gasteiger partial charge in [-0.25, -0.2) is 0 Å². The lowest BCUT2D eigenvalue weighted by Crippen LogP contribution is -2.14. The molecule has 0 fully saturated rings. The van der Waals surface area contributed by atoms with Gasteiger partial charge in [-0.1, -0.05) is 41.3 Å². The highest BCUT2D eigenvalue weighted by atomic mass is 32.2. The minimum absolute atomic E-state index is 0.163. The largest absolute Gasteiger partial charge is 0.483 e. The number of hydrogen-bond acceptors (Lipinski definition) is 8. The number of anilines is 1. The Hall–Kier alpha value is -2.46. The van der Waals surface area contributed by atoms with E-state index in [4.69, 9.17) is 4.74 Å². The Balaban J connectivity index is 1.57. The first-order valence-corrected chi connectivity index (χ1v) is 9.67. The monoisotopic (exact) mass is 390 g/mol. The fourth-order valence-electron chi connectivity index (χ4n) is 2.19. The van der Waals surface area contributed by atoms with Gasteiger partial charge in [0.05, 0.1) is 5.75 Å². The number of para-hydroxylation sites is 1. The number of aryl methyl sites for hydroxylation is 1. The molecule has 0 unspecified atom stereocenters. The molecule has 10 heteroatoms. The van der Waals surface area contributed by atoms with E-state index in [1.807, 2.05) is 55.8 Å². The summed E-state index contributed by atoms with van der Waals surface area (Å²) in [5.74, 6) is 1.50. The van der Waals surface area contributed by atoms with Crippen LogP contribution in [0.25, 0.3) is 0 Å². The zero-order valence-electron chi connectivity index (χ0n) is 14.5. The number of nitrogens with zero attached hydrogens (tertiary/aromatic N) is 5. The zero-order chi connectivity index (χ0) is 18.5. The molecule has 0 aliphatic rings. The first-order chi connectivity index (χ1) is 12.5. The first kappa shape index (κ1) is 18.3. The fraction of sp³-hybridized carbons (Fsp3) is 0.312. The van der Waals surface area contributed by atoms with Gasteiger partial charge < -0.3 is 9.30 Å². The Morgan fingerprint density at radius 1 is 1.27 bits per heavy atom. The van der Waals surface area contributed by atoms with Crippen LogP contribution < -0.4 is 10.1 Å². The van der Waals surface area contributed by atoms with Crippen LogP contribution >= 0.6 is 23.1 Å². The molecule has 0 aliphatic carbocycles. The summed E-state index contributed by atoms with van der Waals surface area (Å²) in [6, 6.07) is 9.54. The molecule has 0 saturated heterocycles. The van der Waals surface area contributed by atoms with E-state index in [-0.39, 0.29) is 17.8 Å². The number of hydrogen-bond donors (Lipinski definition) is 1. The summed E-state index contributed by atoms with van der Waals surface area (Å²) in [6.07, 6.45) is -0.262.